The molecule has 72 valence electrons. The van der Waals surface area contributed by atoms with Crippen molar-refractivity contribution in [2.75, 3.05) is 6.54 Å². The molecule has 2 nitrogen and oxygen atoms in total. The van der Waals surface area contributed by atoms with Crippen molar-refractivity contribution in [3.05, 3.63) is 0 Å². The molecule has 0 atom stereocenters. The van der Waals surface area contributed by atoms with Gasteiger partial charge in [-0.15, -0.1) is 5.92 Å². The second kappa shape index (κ2) is 4.66. The van der Waals surface area contributed by atoms with Crippen LogP contribution in [0.25, 0.3) is 0 Å². The first-order valence-corrected chi connectivity index (χ1v) is 5.35. The SMILES string of the molecule is CC#CCNC(=O)C1(Br)CCCC1. The second-order valence-electron chi connectivity index (χ2n) is 3.28. The Bertz CT molecular complexity index is 245. The molecule has 0 radical (unpaired) electrons. The van der Waals surface area contributed by atoms with E-state index in [2.05, 4.69) is 33.1 Å². The van der Waals surface area contributed by atoms with Gasteiger partial charge >= 0.3 is 0 Å². The van der Waals surface area contributed by atoms with Gasteiger partial charge in [-0.2, -0.15) is 0 Å². The third-order valence-electron chi connectivity index (χ3n) is 2.32. The van der Waals surface area contributed by atoms with Crippen molar-refractivity contribution in [1.82, 2.24) is 5.32 Å². The molecule has 3 heteroatoms. The van der Waals surface area contributed by atoms with Crippen LogP contribution < -0.4 is 5.32 Å². The number of halogens is 1. The van der Waals surface area contributed by atoms with Crippen LogP contribution in [0.3, 0.4) is 0 Å². The maximum atomic E-state index is 11.6. The Morgan fingerprint density at radius 3 is 2.69 bits per heavy atom. The molecular weight excluding hydrogens is 230 g/mol. The molecule has 1 rings (SSSR count). The van der Waals surface area contributed by atoms with Gasteiger partial charge in [0.1, 0.15) is 4.32 Å². The summed E-state index contributed by atoms with van der Waals surface area (Å²) in [6.07, 6.45) is 4.16. The third-order valence-corrected chi connectivity index (χ3v) is 3.47. The van der Waals surface area contributed by atoms with Crippen LogP contribution >= 0.6 is 15.9 Å². The number of alkyl halides is 1. The third kappa shape index (κ3) is 2.73. The number of carbonyl (C=O) groups is 1. The Kier molecular flexibility index (Phi) is 3.80. The van der Waals surface area contributed by atoms with Gasteiger partial charge in [-0.3, -0.25) is 4.79 Å². The van der Waals surface area contributed by atoms with E-state index < -0.39 is 0 Å². The van der Waals surface area contributed by atoms with Crippen LogP contribution in [0.15, 0.2) is 0 Å². The van der Waals surface area contributed by atoms with Crippen LogP contribution in [-0.2, 0) is 4.79 Å². The van der Waals surface area contributed by atoms with Gasteiger partial charge in [0.15, 0.2) is 0 Å². The lowest BCUT2D eigenvalue weighted by Crippen LogP contribution is -2.40. The molecule has 1 saturated carbocycles. The number of nitrogens with one attached hydrogen (secondary N) is 1. The van der Waals surface area contributed by atoms with Crippen molar-refractivity contribution < 1.29 is 4.79 Å². The highest BCUT2D eigenvalue weighted by atomic mass is 79.9. The van der Waals surface area contributed by atoms with E-state index in [0.717, 1.165) is 25.7 Å². The maximum absolute atomic E-state index is 11.6. The smallest absolute Gasteiger partial charge is 0.237 e. The Hall–Kier alpha value is -0.490. The Morgan fingerprint density at radius 2 is 2.15 bits per heavy atom. The molecule has 0 bridgehead atoms. The topological polar surface area (TPSA) is 29.1 Å². The van der Waals surface area contributed by atoms with Gasteiger partial charge in [0.2, 0.25) is 5.91 Å². The Balaban J connectivity index is 2.40. The van der Waals surface area contributed by atoms with Gasteiger partial charge in [0, 0.05) is 0 Å². The maximum Gasteiger partial charge on any atom is 0.237 e. The van der Waals surface area contributed by atoms with Gasteiger partial charge < -0.3 is 5.32 Å². The molecule has 1 amide bonds. The lowest BCUT2D eigenvalue weighted by molar-refractivity contribution is -0.122. The van der Waals surface area contributed by atoms with Crippen LogP contribution in [0.1, 0.15) is 32.6 Å². The van der Waals surface area contributed by atoms with Crippen LogP contribution in [0, 0.1) is 11.8 Å². The first-order chi connectivity index (χ1) is 6.19. The molecule has 0 spiro atoms. The van der Waals surface area contributed by atoms with Crippen molar-refractivity contribution in [1.29, 1.82) is 0 Å². The van der Waals surface area contributed by atoms with Gasteiger partial charge in [0.05, 0.1) is 6.54 Å². The molecule has 13 heavy (non-hydrogen) atoms. The zero-order chi connectivity index (χ0) is 9.73. The predicted molar refractivity (Wildman–Crippen MR) is 56.6 cm³/mol. The molecule has 1 fully saturated rings. The predicted octanol–water partition coefficient (Wildman–Crippen LogP) is 1.83. The molecule has 0 heterocycles. The van der Waals surface area contributed by atoms with Crippen LogP contribution in [-0.4, -0.2) is 16.8 Å². The summed E-state index contributed by atoms with van der Waals surface area (Å²) in [7, 11) is 0. The van der Waals surface area contributed by atoms with Crippen LogP contribution in [0.2, 0.25) is 0 Å². The number of carbonyl (C=O) groups excluding carboxylic acids is 1. The number of amides is 1. The zero-order valence-corrected chi connectivity index (χ0v) is 9.41. The van der Waals surface area contributed by atoms with E-state index in [-0.39, 0.29) is 10.2 Å². The average Bonchev–Trinajstić information content (AvgIpc) is 2.54. The molecule has 0 unspecified atom stereocenters. The minimum atomic E-state index is -0.303. The number of hydrogen-bond acceptors (Lipinski definition) is 1. The first kappa shape index (κ1) is 10.6. The molecule has 1 aliphatic rings. The standard InChI is InChI=1S/C10H14BrNO/c1-2-3-8-12-9(13)10(11)6-4-5-7-10/h4-8H2,1H3,(H,12,13). The van der Waals surface area contributed by atoms with Gasteiger partial charge in [0.25, 0.3) is 0 Å². The van der Waals surface area contributed by atoms with E-state index in [1.165, 1.54) is 0 Å². The highest BCUT2D eigenvalue weighted by molar-refractivity contribution is 9.10. The van der Waals surface area contributed by atoms with Crippen molar-refractivity contribution in [2.24, 2.45) is 0 Å². The van der Waals surface area contributed by atoms with Gasteiger partial charge in [-0.05, 0) is 19.8 Å². The average molecular weight is 244 g/mol. The lowest BCUT2D eigenvalue weighted by Gasteiger charge is -2.18. The van der Waals surface area contributed by atoms with E-state index in [1.54, 1.807) is 6.92 Å². The summed E-state index contributed by atoms with van der Waals surface area (Å²) < 4.78 is -0.303. The summed E-state index contributed by atoms with van der Waals surface area (Å²) >= 11 is 3.50. The fourth-order valence-electron chi connectivity index (χ4n) is 1.53. The fourth-order valence-corrected chi connectivity index (χ4v) is 2.23. The quantitative estimate of drug-likeness (QED) is 0.582. The molecule has 1 aliphatic carbocycles. The van der Waals surface area contributed by atoms with Crippen molar-refractivity contribution in [3.8, 4) is 11.8 Å². The number of rotatable bonds is 2. The molecule has 0 aromatic heterocycles. The van der Waals surface area contributed by atoms with E-state index in [4.69, 9.17) is 0 Å². The molecule has 0 aliphatic heterocycles. The molecule has 0 aromatic rings. The summed E-state index contributed by atoms with van der Waals surface area (Å²) in [5.74, 6) is 5.65. The van der Waals surface area contributed by atoms with Crippen LogP contribution in [0.4, 0.5) is 0 Å². The second-order valence-corrected chi connectivity index (χ2v) is 4.80. The Labute approximate surface area is 87.6 Å². The minimum absolute atomic E-state index is 0.0905. The molecule has 0 saturated heterocycles. The summed E-state index contributed by atoms with van der Waals surface area (Å²) in [5.41, 5.74) is 0. The zero-order valence-electron chi connectivity index (χ0n) is 7.82. The van der Waals surface area contributed by atoms with E-state index in [1.807, 2.05) is 0 Å². The van der Waals surface area contributed by atoms with E-state index in [0.29, 0.717) is 6.54 Å². The van der Waals surface area contributed by atoms with Gasteiger partial charge in [-0.25, -0.2) is 0 Å². The Morgan fingerprint density at radius 1 is 1.54 bits per heavy atom. The van der Waals surface area contributed by atoms with Crippen molar-refractivity contribution in [3.63, 3.8) is 0 Å². The van der Waals surface area contributed by atoms with Crippen LogP contribution in [0.5, 0.6) is 0 Å². The largest absolute Gasteiger partial charge is 0.344 e. The highest BCUT2D eigenvalue weighted by Crippen LogP contribution is 2.37. The summed E-state index contributed by atoms with van der Waals surface area (Å²) in [4.78, 5) is 11.6. The van der Waals surface area contributed by atoms with Crippen molar-refractivity contribution >= 4 is 21.8 Å². The lowest BCUT2D eigenvalue weighted by atomic mass is 10.1. The molecule has 0 aromatic carbocycles. The monoisotopic (exact) mass is 243 g/mol. The minimum Gasteiger partial charge on any atom is -0.344 e. The van der Waals surface area contributed by atoms with E-state index >= 15 is 0 Å². The van der Waals surface area contributed by atoms with Crippen molar-refractivity contribution in [2.45, 2.75) is 36.9 Å². The first-order valence-electron chi connectivity index (χ1n) is 4.56. The van der Waals surface area contributed by atoms with E-state index in [9.17, 15) is 4.79 Å². The number of hydrogen-bond donors (Lipinski definition) is 1. The summed E-state index contributed by atoms with van der Waals surface area (Å²) in [6, 6.07) is 0. The van der Waals surface area contributed by atoms with Gasteiger partial charge in [-0.1, -0.05) is 34.7 Å². The molecule has 1 N–H and O–H groups in total. The molecular formula is C10H14BrNO. The summed E-state index contributed by atoms with van der Waals surface area (Å²) in [5, 5.41) is 2.81. The fraction of sp³-hybridized carbons (Fsp3) is 0.700. The highest BCUT2D eigenvalue weighted by Gasteiger charge is 2.37. The summed E-state index contributed by atoms with van der Waals surface area (Å²) in [6.45, 7) is 2.23. The normalized spacial score (nSPS) is 18.9.